The Morgan fingerprint density at radius 3 is 2.42 bits per heavy atom. The number of ketones is 1. The Kier molecular flexibility index (Phi) is 8.03. The van der Waals surface area contributed by atoms with E-state index in [0.29, 0.717) is 10.6 Å². The molecule has 0 heterocycles. The first kappa shape index (κ1) is 17.6. The van der Waals surface area contributed by atoms with Crippen molar-refractivity contribution in [2.75, 3.05) is 7.11 Å². The number of carbonyl (C=O) groups excluding carboxylic acids is 2. The standard InChI is InChI=1S/C14H19ClO4/c1-6-12(15)7-9(2)11(4)19-13(10(3)16)8-14(17)18-5/h6-7,11,13H,1-2,8H2,3-5H3. The van der Waals surface area contributed by atoms with Crippen LogP contribution in [0.3, 0.4) is 0 Å². The number of Topliss-reactive ketones (excluding diaryl/α,β-unsaturated/α-hetero) is 1. The second-order valence-corrected chi connectivity index (χ2v) is 4.40. The van der Waals surface area contributed by atoms with Crippen LogP contribution in [0.1, 0.15) is 20.3 Å². The molecule has 0 aromatic rings. The topological polar surface area (TPSA) is 52.6 Å². The minimum Gasteiger partial charge on any atom is -0.469 e. The first-order valence-electron chi connectivity index (χ1n) is 5.73. The van der Waals surface area contributed by atoms with Gasteiger partial charge in [-0.05, 0) is 25.5 Å². The molecule has 106 valence electrons. The van der Waals surface area contributed by atoms with Crippen molar-refractivity contribution in [1.29, 1.82) is 0 Å². The highest BCUT2D eigenvalue weighted by Crippen LogP contribution is 2.15. The normalized spacial score (nSPS) is 14.4. The van der Waals surface area contributed by atoms with Crippen molar-refractivity contribution in [3.63, 3.8) is 0 Å². The minimum absolute atomic E-state index is 0.123. The first-order valence-corrected chi connectivity index (χ1v) is 6.10. The Balaban J connectivity index is 4.68. The van der Waals surface area contributed by atoms with Crippen LogP contribution in [-0.4, -0.2) is 31.1 Å². The van der Waals surface area contributed by atoms with Gasteiger partial charge in [-0.2, -0.15) is 0 Å². The van der Waals surface area contributed by atoms with Crippen LogP contribution in [-0.2, 0) is 19.1 Å². The zero-order valence-electron chi connectivity index (χ0n) is 11.4. The van der Waals surface area contributed by atoms with Gasteiger partial charge in [0.15, 0.2) is 5.78 Å². The van der Waals surface area contributed by atoms with Crippen LogP contribution in [0.15, 0.2) is 35.9 Å². The van der Waals surface area contributed by atoms with Crippen molar-refractivity contribution in [3.05, 3.63) is 35.9 Å². The summed E-state index contributed by atoms with van der Waals surface area (Å²) in [5.74, 6) is -0.749. The van der Waals surface area contributed by atoms with Crippen LogP contribution < -0.4 is 0 Å². The Morgan fingerprint density at radius 2 is 2.00 bits per heavy atom. The Bertz CT molecular complexity index is 398. The molecule has 0 saturated carbocycles. The Hall–Kier alpha value is -1.39. The quantitative estimate of drug-likeness (QED) is 0.508. The summed E-state index contributed by atoms with van der Waals surface area (Å²) in [6.45, 7) is 10.4. The van der Waals surface area contributed by atoms with E-state index in [-0.39, 0.29) is 12.2 Å². The van der Waals surface area contributed by atoms with Gasteiger partial charge in [0.25, 0.3) is 0 Å². The summed E-state index contributed by atoms with van der Waals surface area (Å²) < 4.78 is 10.0. The predicted octanol–water partition coefficient (Wildman–Crippen LogP) is 2.78. The van der Waals surface area contributed by atoms with Gasteiger partial charge in [-0.3, -0.25) is 9.59 Å². The Morgan fingerprint density at radius 1 is 1.42 bits per heavy atom. The smallest absolute Gasteiger partial charge is 0.308 e. The van der Waals surface area contributed by atoms with Gasteiger partial charge < -0.3 is 9.47 Å². The number of allylic oxidation sites excluding steroid dienone is 2. The lowest BCUT2D eigenvalue weighted by Gasteiger charge is -2.20. The number of methoxy groups -OCH3 is 1. The van der Waals surface area contributed by atoms with Gasteiger partial charge in [-0.25, -0.2) is 0 Å². The summed E-state index contributed by atoms with van der Waals surface area (Å²) in [4.78, 5) is 22.6. The van der Waals surface area contributed by atoms with E-state index in [1.54, 1.807) is 13.0 Å². The third-order valence-corrected chi connectivity index (χ3v) is 2.71. The summed E-state index contributed by atoms with van der Waals surface area (Å²) in [7, 11) is 1.26. The molecule has 0 saturated heterocycles. The summed E-state index contributed by atoms with van der Waals surface area (Å²) in [5.41, 5.74) is 0.584. The maximum atomic E-state index is 11.4. The number of ether oxygens (including phenoxy) is 2. The maximum absolute atomic E-state index is 11.4. The molecule has 0 aliphatic heterocycles. The molecule has 5 heteroatoms. The number of hydrogen-bond acceptors (Lipinski definition) is 4. The fraction of sp³-hybridized carbons (Fsp3) is 0.429. The van der Waals surface area contributed by atoms with Crippen LogP contribution >= 0.6 is 11.6 Å². The molecule has 0 spiro atoms. The fourth-order valence-corrected chi connectivity index (χ4v) is 1.35. The average Bonchev–Trinajstić information content (AvgIpc) is 2.36. The maximum Gasteiger partial charge on any atom is 0.308 e. The molecule has 0 amide bonds. The van der Waals surface area contributed by atoms with Crippen LogP contribution in [0.5, 0.6) is 0 Å². The first-order chi connectivity index (χ1) is 8.81. The summed E-state index contributed by atoms with van der Waals surface area (Å²) >= 11 is 5.80. The molecule has 0 aliphatic rings. The average molecular weight is 287 g/mol. The molecule has 0 fully saturated rings. The van der Waals surface area contributed by atoms with E-state index in [2.05, 4.69) is 17.9 Å². The second-order valence-electron chi connectivity index (χ2n) is 3.97. The molecule has 2 unspecified atom stereocenters. The number of halogens is 1. The molecule has 0 aromatic heterocycles. The van der Waals surface area contributed by atoms with E-state index < -0.39 is 18.2 Å². The highest BCUT2D eigenvalue weighted by Gasteiger charge is 2.22. The van der Waals surface area contributed by atoms with Crippen molar-refractivity contribution < 1.29 is 19.1 Å². The number of hydrogen-bond donors (Lipinski definition) is 0. The van der Waals surface area contributed by atoms with Gasteiger partial charge >= 0.3 is 5.97 Å². The van der Waals surface area contributed by atoms with E-state index in [9.17, 15) is 9.59 Å². The molecular weight excluding hydrogens is 268 g/mol. The van der Waals surface area contributed by atoms with Crippen molar-refractivity contribution >= 4 is 23.4 Å². The summed E-state index contributed by atoms with van der Waals surface area (Å²) in [6, 6.07) is 0. The number of carbonyl (C=O) groups is 2. The zero-order chi connectivity index (χ0) is 15.0. The van der Waals surface area contributed by atoms with Gasteiger partial charge in [0.2, 0.25) is 0 Å². The monoisotopic (exact) mass is 286 g/mol. The predicted molar refractivity (Wildman–Crippen MR) is 74.9 cm³/mol. The van der Waals surface area contributed by atoms with Gasteiger partial charge in [0, 0.05) is 5.03 Å². The van der Waals surface area contributed by atoms with E-state index in [1.807, 2.05) is 0 Å². The van der Waals surface area contributed by atoms with Gasteiger partial charge in [0.1, 0.15) is 6.10 Å². The molecule has 0 N–H and O–H groups in total. The SMILES string of the molecule is C=CC(Cl)=CC(=C)C(C)OC(CC(=O)OC)C(C)=O. The third-order valence-electron chi connectivity index (χ3n) is 2.44. The molecule has 2 atom stereocenters. The third kappa shape index (κ3) is 6.94. The van der Waals surface area contributed by atoms with Crippen molar-refractivity contribution in [1.82, 2.24) is 0 Å². The van der Waals surface area contributed by atoms with Crippen molar-refractivity contribution in [3.8, 4) is 0 Å². The van der Waals surface area contributed by atoms with Crippen LogP contribution in [0.25, 0.3) is 0 Å². The molecule has 4 nitrogen and oxygen atoms in total. The van der Waals surface area contributed by atoms with Gasteiger partial charge in [0.05, 0.1) is 19.6 Å². The van der Waals surface area contributed by atoms with Crippen LogP contribution in [0, 0.1) is 0 Å². The molecular formula is C14H19ClO4. The minimum atomic E-state index is -0.852. The molecule has 0 radical (unpaired) electrons. The lowest BCUT2D eigenvalue weighted by molar-refractivity contribution is -0.148. The summed E-state index contributed by atoms with van der Waals surface area (Å²) in [5, 5.41) is 0.424. The lowest BCUT2D eigenvalue weighted by atomic mass is 10.1. The number of esters is 1. The highest BCUT2D eigenvalue weighted by atomic mass is 35.5. The van der Waals surface area contributed by atoms with Crippen molar-refractivity contribution in [2.45, 2.75) is 32.5 Å². The Labute approximate surface area is 118 Å². The number of rotatable bonds is 8. The van der Waals surface area contributed by atoms with Gasteiger partial charge in [-0.15, -0.1) is 0 Å². The molecule has 0 aromatic carbocycles. The van der Waals surface area contributed by atoms with E-state index >= 15 is 0 Å². The lowest BCUT2D eigenvalue weighted by Crippen LogP contribution is -2.30. The second kappa shape index (κ2) is 8.67. The van der Waals surface area contributed by atoms with Crippen LogP contribution in [0.4, 0.5) is 0 Å². The zero-order valence-corrected chi connectivity index (χ0v) is 12.2. The van der Waals surface area contributed by atoms with Gasteiger partial charge in [-0.1, -0.05) is 30.8 Å². The van der Waals surface area contributed by atoms with E-state index in [1.165, 1.54) is 20.1 Å². The molecule has 0 aliphatic carbocycles. The fourth-order valence-electron chi connectivity index (χ4n) is 1.21. The molecule has 19 heavy (non-hydrogen) atoms. The highest BCUT2D eigenvalue weighted by molar-refractivity contribution is 6.31. The molecule has 0 bridgehead atoms. The van der Waals surface area contributed by atoms with Crippen molar-refractivity contribution in [2.24, 2.45) is 0 Å². The van der Waals surface area contributed by atoms with E-state index in [4.69, 9.17) is 16.3 Å². The van der Waals surface area contributed by atoms with Crippen LogP contribution in [0.2, 0.25) is 0 Å². The molecule has 0 rings (SSSR count). The van der Waals surface area contributed by atoms with E-state index in [0.717, 1.165) is 0 Å². The largest absolute Gasteiger partial charge is 0.469 e. The summed E-state index contributed by atoms with van der Waals surface area (Å²) in [6.07, 6.45) is 1.63.